The van der Waals surface area contributed by atoms with Crippen molar-refractivity contribution in [3.63, 3.8) is 0 Å². The molecule has 4 aliphatic rings. The highest BCUT2D eigenvalue weighted by Gasteiger charge is 2.48. The molecule has 0 atom stereocenters. The summed E-state index contributed by atoms with van der Waals surface area (Å²) in [7, 11) is 0. The molecule has 8 aromatic carbocycles. The first kappa shape index (κ1) is 51.2. The summed E-state index contributed by atoms with van der Waals surface area (Å²) in [6.45, 7) is 36.5. The lowest BCUT2D eigenvalue weighted by Gasteiger charge is -2.48. The lowest BCUT2D eigenvalue weighted by Crippen LogP contribution is -2.62. The van der Waals surface area contributed by atoms with Crippen molar-refractivity contribution in [1.82, 2.24) is 0 Å². The Morgan fingerprint density at radius 3 is 1.56 bits per heavy atom. The van der Waals surface area contributed by atoms with Crippen LogP contribution < -0.4 is 26.2 Å². The van der Waals surface area contributed by atoms with Gasteiger partial charge in [0.05, 0.1) is 5.69 Å². The van der Waals surface area contributed by atoms with Crippen LogP contribution in [0.2, 0.25) is 0 Å². The Hall–Kier alpha value is -6.58. The van der Waals surface area contributed by atoms with E-state index in [0.29, 0.717) is 0 Å². The summed E-state index contributed by atoms with van der Waals surface area (Å²) < 4.78 is 0. The fourth-order valence-corrected chi connectivity index (χ4v) is 14.1. The molecule has 3 heteroatoms. The first-order valence-corrected chi connectivity index (χ1v) is 29.0. The second-order valence-corrected chi connectivity index (χ2v) is 28.1. The Balaban J connectivity index is 1.23. The molecule has 0 fully saturated rings. The molecule has 0 N–H and O–H groups in total. The van der Waals surface area contributed by atoms with Crippen molar-refractivity contribution < 1.29 is 0 Å². The number of hydrogen-bond donors (Lipinski definition) is 0. The van der Waals surface area contributed by atoms with E-state index in [9.17, 15) is 0 Å². The highest BCUT2D eigenvalue weighted by molar-refractivity contribution is 7.00. The molecule has 0 aromatic heterocycles. The second-order valence-electron chi connectivity index (χ2n) is 28.1. The van der Waals surface area contributed by atoms with Gasteiger partial charge in [-0.15, -0.1) is 0 Å². The van der Waals surface area contributed by atoms with Crippen LogP contribution in [-0.4, -0.2) is 6.71 Å². The molecule has 0 radical (unpaired) electrons. The molecular weight excluding hydrogens is 928 g/mol. The van der Waals surface area contributed by atoms with E-state index in [1.54, 1.807) is 0 Å². The Kier molecular flexibility index (Phi) is 11.8. The topological polar surface area (TPSA) is 6.48 Å². The zero-order chi connectivity index (χ0) is 54.4. The smallest absolute Gasteiger partial charge is 0.252 e. The molecule has 0 amide bonds. The van der Waals surface area contributed by atoms with Gasteiger partial charge in [-0.05, 0) is 185 Å². The third kappa shape index (κ3) is 8.26. The fraction of sp³-hybridized carbons (Fsp3) is 0.351. The standard InChI is InChI=1S/C74H81BN2/c1-47(2)49-40-66-68-67(41-49)77(63-35-31-51(69(3,4)5)42-56(63)55-29-23-22-28-54(55)48-24-18-16-19-25-48)64-43-52(74(14,15)50-26-20-17-21-27-50)30-34-61(64)75(68)62-45-59-60(73(12,13)39-38-72(59,10)11)46-65(62)76(66)53-32-33-57-58(44-53)71(8,9)37-36-70(57,6)7/h16-35,40-47H,36-39H2,1-15H3. The van der Waals surface area contributed by atoms with Gasteiger partial charge in [0.25, 0.3) is 6.71 Å². The van der Waals surface area contributed by atoms with Gasteiger partial charge < -0.3 is 9.80 Å². The van der Waals surface area contributed by atoms with Gasteiger partial charge in [0.15, 0.2) is 0 Å². The van der Waals surface area contributed by atoms with Gasteiger partial charge in [0.1, 0.15) is 0 Å². The van der Waals surface area contributed by atoms with Crippen LogP contribution in [0.1, 0.15) is 180 Å². The Morgan fingerprint density at radius 1 is 0.403 bits per heavy atom. The monoisotopic (exact) mass is 1010 g/mol. The normalized spacial score (nSPS) is 17.5. The van der Waals surface area contributed by atoms with Gasteiger partial charge in [-0.25, -0.2) is 0 Å². The summed E-state index contributed by atoms with van der Waals surface area (Å²) in [5, 5.41) is 0. The summed E-state index contributed by atoms with van der Waals surface area (Å²) in [5.41, 5.74) is 27.8. The Labute approximate surface area is 463 Å². The molecule has 0 saturated heterocycles. The molecule has 2 aliphatic heterocycles. The lowest BCUT2D eigenvalue weighted by atomic mass is 9.33. The van der Waals surface area contributed by atoms with Crippen molar-refractivity contribution in [2.24, 2.45) is 0 Å². The first-order valence-electron chi connectivity index (χ1n) is 29.0. The largest absolute Gasteiger partial charge is 0.311 e. The molecule has 0 unspecified atom stereocenters. The number of rotatable bonds is 7. The molecule has 2 aliphatic carbocycles. The van der Waals surface area contributed by atoms with Crippen molar-refractivity contribution in [1.29, 1.82) is 0 Å². The van der Waals surface area contributed by atoms with Crippen LogP contribution in [-0.2, 0) is 32.5 Å². The van der Waals surface area contributed by atoms with Gasteiger partial charge in [0, 0.05) is 39.4 Å². The average molecular weight is 1010 g/mol. The highest BCUT2D eigenvalue weighted by atomic mass is 15.2. The second kappa shape index (κ2) is 17.7. The number of nitrogens with zero attached hydrogens (tertiary/aromatic N) is 2. The van der Waals surface area contributed by atoms with Crippen molar-refractivity contribution in [2.75, 3.05) is 9.80 Å². The molecular formula is C74H81BN2. The van der Waals surface area contributed by atoms with Crippen LogP contribution in [0.4, 0.5) is 34.1 Å². The molecule has 2 heterocycles. The van der Waals surface area contributed by atoms with Crippen LogP contribution in [0.15, 0.2) is 164 Å². The maximum absolute atomic E-state index is 2.73. The van der Waals surface area contributed by atoms with Crippen LogP contribution >= 0.6 is 0 Å². The quantitative estimate of drug-likeness (QED) is 0.147. The SMILES string of the molecule is CC(C)c1cc2c3c(c1)N(c1ccc(C(C)(C)C)cc1-c1ccccc1-c1ccccc1)c1cc(C(C)(C)c4ccccc4)ccc1B3c1cc3c(cc1N2c1ccc2c(c1)C(C)(C)CCC2(C)C)C(C)(C)CCC3(C)C. The molecule has 0 spiro atoms. The van der Waals surface area contributed by atoms with Crippen molar-refractivity contribution in [3.05, 3.63) is 208 Å². The van der Waals surface area contributed by atoms with E-state index < -0.39 is 0 Å². The van der Waals surface area contributed by atoms with Crippen molar-refractivity contribution in [3.8, 4) is 22.3 Å². The third-order valence-corrected chi connectivity index (χ3v) is 19.4. The minimum absolute atomic E-state index is 0.0133. The van der Waals surface area contributed by atoms with Gasteiger partial charge in [0.2, 0.25) is 0 Å². The summed E-state index contributed by atoms with van der Waals surface area (Å²) in [4.78, 5) is 5.45. The fourth-order valence-electron chi connectivity index (χ4n) is 14.1. The number of anilines is 6. The predicted octanol–water partition coefficient (Wildman–Crippen LogP) is 18.5. The predicted molar refractivity (Wildman–Crippen MR) is 333 cm³/mol. The van der Waals surface area contributed by atoms with Crippen LogP contribution in [0.3, 0.4) is 0 Å². The van der Waals surface area contributed by atoms with E-state index in [0.717, 1.165) is 12.8 Å². The molecule has 12 rings (SSSR count). The number of benzene rings is 8. The molecule has 390 valence electrons. The first-order chi connectivity index (χ1) is 36.4. The number of fused-ring (bicyclic) bond motifs is 6. The number of hydrogen-bond acceptors (Lipinski definition) is 2. The van der Waals surface area contributed by atoms with E-state index in [1.165, 1.54) is 130 Å². The average Bonchev–Trinajstić information content (AvgIpc) is 3.51. The van der Waals surface area contributed by atoms with Crippen LogP contribution in [0.5, 0.6) is 0 Å². The van der Waals surface area contributed by atoms with Crippen molar-refractivity contribution >= 4 is 57.2 Å². The third-order valence-electron chi connectivity index (χ3n) is 19.4. The maximum Gasteiger partial charge on any atom is 0.252 e. The van der Waals surface area contributed by atoms with Crippen molar-refractivity contribution in [2.45, 2.75) is 168 Å². The van der Waals surface area contributed by atoms with E-state index in [-0.39, 0.29) is 45.1 Å². The zero-order valence-corrected chi connectivity index (χ0v) is 49.0. The van der Waals surface area contributed by atoms with E-state index in [1.807, 2.05) is 0 Å². The summed E-state index contributed by atoms with van der Waals surface area (Å²) in [6.07, 6.45) is 4.69. The molecule has 0 bridgehead atoms. The van der Waals surface area contributed by atoms with E-state index in [4.69, 9.17) is 0 Å². The highest BCUT2D eigenvalue weighted by Crippen LogP contribution is 2.54. The van der Waals surface area contributed by atoms with Crippen LogP contribution in [0.25, 0.3) is 22.3 Å². The summed E-state index contributed by atoms with van der Waals surface area (Å²) in [6, 6.07) is 64.4. The zero-order valence-electron chi connectivity index (χ0n) is 49.0. The van der Waals surface area contributed by atoms with Gasteiger partial charge in [-0.2, -0.15) is 0 Å². The molecule has 2 nitrogen and oxygen atoms in total. The Morgan fingerprint density at radius 2 is 0.935 bits per heavy atom. The molecule has 0 saturated carbocycles. The minimum atomic E-state index is -0.267. The molecule has 8 aromatic rings. The Bertz CT molecular complexity index is 3640. The van der Waals surface area contributed by atoms with Gasteiger partial charge in [-0.1, -0.05) is 219 Å². The maximum atomic E-state index is 2.73. The summed E-state index contributed by atoms with van der Waals surface area (Å²) >= 11 is 0. The van der Waals surface area contributed by atoms with E-state index >= 15 is 0 Å². The van der Waals surface area contributed by atoms with Gasteiger partial charge in [-0.3, -0.25) is 0 Å². The van der Waals surface area contributed by atoms with Crippen LogP contribution in [0, 0.1) is 0 Å². The van der Waals surface area contributed by atoms with Gasteiger partial charge >= 0.3 is 0 Å². The lowest BCUT2D eigenvalue weighted by molar-refractivity contribution is 0.332. The minimum Gasteiger partial charge on any atom is -0.311 e. The summed E-state index contributed by atoms with van der Waals surface area (Å²) in [5.74, 6) is 0.276. The molecule has 77 heavy (non-hydrogen) atoms. The van der Waals surface area contributed by atoms with E-state index in [2.05, 4.69) is 277 Å².